The van der Waals surface area contributed by atoms with Crippen LogP contribution in [-0.4, -0.2) is 46.2 Å². The van der Waals surface area contributed by atoms with Gasteiger partial charge in [-0.15, -0.1) is 0 Å². The van der Waals surface area contributed by atoms with Gasteiger partial charge in [0.1, 0.15) is 5.69 Å². The Labute approximate surface area is 119 Å². The average molecular weight is 302 g/mol. The van der Waals surface area contributed by atoms with E-state index in [2.05, 4.69) is 22.4 Å². The van der Waals surface area contributed by atoms with Crippen molar-refractivity contribution < 1.29 is 18.0 Å². The Balaban J connectivity index is 1.63. The molecule has 2 aliphatic rings. The van der Waals surface area contributed by atoms with Crippen LogP contribution in [0.3, 0.4) is 0 Å². The minimum atomic E-state index is -4.52. The van der Waals surface area contributed by atoms with Gasteiger partial charge in [-0.1, -0.05) is 0 Å². The molecule has 2 unspecified atom stereocenters. The van der Waals surface area contributed by atoms with E-state index in [1.807, 2.05) is 5.10 Å². The van der Waals surface area contributed by atoms with Crippen LogP contribution < -0.4 is 5.32 Å². The number of halogens is 3. The number of alkyl halides is 3. The fourth-order valence-corrected chi connectivity index (χ4v) is 3.37. The van der Waals surface area contributed by atoms with Crippen LogP contribution in [0, 0.1) is 0 Å². The molecule has 21 heavy (non-hydrogen) atoms. The SMILES string of the molecule is CN1C2CCC1CC(NC(=O)c1cc(C(F)(F)F)[nH]n1)C2. The van der Waals surface area contributed by atoms with Crippen molar-refractivity contribution in [1.82, 2.24) is 20.4 Å². The quantitative estimate of drug-likeness (QED) is 0.875. The van der Waals surface area contributed by atoms with Gasteiger partial charge in [0.05, 0.1) is 0 Å². The lowest BCUT2D eigenvalue weighted by Crippen LogP contribution is -2.48. The van der Waals surface area contributed by atoms with Crippen LogP contribution in [0.5, 0.6) is 0 Å². The molecule has 3 heterocycles. The fraction of sp³-hybridized carbons (Fsp3) is 0.692. The summed E-state index contributed by atoms with van der Waals surface area (Å²) >= 11 is 0. The van der Waals surface area contributed by atoms with E-state index in [9.17, 15) is 18.0 Å². The summed E-state index contributed by atoms with van der Waals surface area (Å²) in [6.45, 7) is 0. The van der Waals surface area contributed by atoms with Crippen molar-refractivity contribution in [3.63, 3.8) is 0 Å². The normalized spacial score (nSPS) is 29.6. The van der Waals surface area contributed by atoms with E-state index in [0.29, 0.717) is 12.1 Å². The molecule has 0 spiro atoms. The smallest absolute Gasteiger partial charge is 0.348 e. The summed E-state index contributed by atoms with van der Waals surface area (Å²) in [6.07, 6.45) is -0.592. The molecule has 0 saturated carbocycles. The largest absolute Gasteiger partial charge is 0.432 e. The monoisotopic (exact) mass is 302 g/mol. The number of aromatic nitrogens is 2. The van der Waals surface area contributed by atoms with Crippen molar-refractivity contribution in [2.75, 3.05) is 7.05 Å². The Morgan fingerprint density at radius 2 is 2.00 bits per heavy atom. The molecule has 8 heteroatoms. The van der Waals surface area contributed by atoms with Crippen LogP contribution in [0.15, 0.2) is 6.07 Å². The number of fused-ring (bicyclic) bond motifs is 2. The third-order valence-electron chi connectivity index (χ3n) is 4.55. The van der Waals surface area contributed by atoms with Gasteiger partial charge < -0.3 is 10.2 Å². The Morgan fingerprint density at radius 3 is 2.52 bits per heavy atom. The fourth-order valence-electron chi connectivity index (χ4n) is 3.37. The first-order valence-corrected chi connectivity index (χ1v) is 7.00. The lowest BCUT2D eigenvalue weighted by molar-refractivity contribution is -0.141. The molecule has 1 aromatic heterocycles. The maximum Gasteiger partial charge on any atom is 0.432 e. The summed E-state index contributed by atoms with van der Waals surface area (Å²) in [7, 11) is 2.09. The van der Waals surface area contributed by atoms with E-state index in [4.69, 9.17) is 0 Å². The highest BCUT2D eigenvalue weighted by Crippen LogP contribution is 2.34. The summed E-state index contributed by atoms with van der Waals surface area (Å²) in [5.41, 5.74) is -1.22. The van der Waals surface area contributed by atoms with E-state index in [1.165, 1.54) is 0 Å². The number of carbonyl (C=O) groups excluding carboxylic acids is 1. The van der Waals surface area contributed by atoms with E-state index >= 15 is 0 Å². The average Bonchev–Trinajstić information content (AvgIpc) is 2.94. The molecule has 1 amide bonds. The zero-order valence-corrected chi connectivity index (χ0v) is 11.6. The molecule has 0 aromatic carbocycles. The van der Waals surface area contributed by atoms with Crippen molar-refractivity contribution in [1.29, 1.82) is 0 Å². The lowest BCUT2D eigenvalue weighted by atomic mass is 9.98. The summed E-state index contributed by atoms with van der Waals surface area (Å²) in [5.74, 6) is -0.546. The molecule has 2 fully saturated rings. The van der Waals surface area contributed by atoms with Gasteiger partial charge in [0, 0.05) is 24.2 Å². The Bertz CT molecular complexity index is 528. The van der Waals surface area contributed by atoms with Crippen LogP contribution in [0.4, 0.5) is 13.2 Å². The summed E-state index contributed by atoms with van der Waals surface area (Å²) in [6, 6.07) is 1.67. The van der Waals surface area contributed by atoms with E-state index in [-0.39, 0.29) is 11.7 Å². The number of piperidine rings is 1. The van der Waals surface area contributed by atoms with Crippen LogP contribution in [-0.2, 0) is 6.18 Å². The van der Waals surface area contributed by atoms with Crippen molar-refractivity contribution in [2.24, 2.45) is 0 Å². The van der Waals surface area contributed by atoms with Crippen LogP contribution in [0.2, 0.25) is 0 Å². The van der Waals surface area contributed by atoms with Gasteiger partial charge in [-0.2, -0.15) is 18.3 Å². The Kier molecular flexibility index (Phi) is 3.43. The lowest BCUT2D eigenvalue weighted by Gasteiger charge is -2.36. The zero-order chi connectivity index (χ0) is 15.2. The Morgan fingerprint density at radius 1 is 1.38 bits per heavy atom. The molecule has 2 atom stereocenters. The molecular weight excluding hydrogens is 285 g/mol. The third kappa shape index (κ3) is 2.76. The van der Waals surface area contributed by atoms with E-state index < -0.39 is 17.8 Å². The van der Waals surface area contributed by atoms with Gasteiger partial charge in [0.2, 0.25) is 0 Å². The van der Waals surface area contributed by atoms with Crippen molar-refractivity contribution in [3.05, 3.63) is 17.5 Å². The first-order valence-electron chi connectivity index (χ1n) is 7.00. The molecule has 2 N–H and O–H groups in total. The number of carbonyl (C=O) groups is 1. The molecule has 116 valence electrons. The van der Waals surface area contributed by atoms with E-state index in [0.717, 1.165) is 31.7 Å². The maximum absolute atomic E-state index is 12.5. The topological polar surface area (TPSA) is 61.0 Å². The number of H-pyrrole nitrogens is 1. The highest BCUT2D eigenvalue weighted by molar-refractivity contribution is 5.92. The third-order valence-corrected chi connectivity index (χ3v) is 4.55. The number of amides is 1. The summed E-state index contributed by atoms with van der Waals surface area (Å²) in [4.78, 5) is 14.3. The van der Waals surface area contributed by atoms with Gasteiger partial charge in [-0.25, -0.2) is 0 Å². The number of nitrogens with zero attached hydrogens (tertiary/aromatic N) is 2. The molecule has 0 radical (unpaired) electrons. The summed E-state index contributed by atoms with van der Waals surface area (Å²) < 4.78 is 37.4. The number of nitrogens with one attached hydrogen (secondary N) is 2. The molecule has 1 aromatic rings. The van der Waals surface area contributed by atoms with Crippen LogP contribution in [0.25, 0.3) is 0 Å². The number of hydrogen-bond donors (Lipinski definition) is 2. The van der Waals surface area contributed by atoms with Gasteiger partial charge in [-0.05, 0) is 32.7 Å². The van der Waals surface area contributed by atoms with Crippen LogP contribution >= 0.6 is 0 Å². The highest BCUT2D eigenvalue weighted by Gasteiger charge is 2.39. The standard InChI is InChI=1S/C13H17F3N4O/c1-20-8-2-3-9(20)5-7(4-8)17-12(21)10-6-11(19-18-10)13(14,15)16/h6-9H,2-5H2,1H3,(H,17,21)(H,18,19). The van der Waals surface area contributed by atoms with Crippen molar-refractivity contribution >= 4 is 5.91 Å². The molecule has 2 aliphatic heterocycles. The van der Waals surface area contributed by atoms with E-state index in [1.54, 1.807) is 0 Å². The predicted octanol–water partition coefficient (Wildman–Crippen LogP) is 1.78. The Hall–Kier alpha value is -1.57. The predicted molar refractivity (Wildman–Crippen MR) is 68.7 cm³/mol. The van der Waals surface area contributed by atoms with Crippen LogP contribution in [0.1, 0.15) is 41.9 Å². The second kappa shape index (κ2) is 5.01. The van der Waals surface area contributed by atoms with Gasteiger partial charge in [0.25, 0.3) is 5.91 Å². The number of rotatable bonds is 2. The minimum absolute atomic E-state index is 0.0113. The summed E-state index contributed by atoms with van der Waals surface area (Å²) in [5, 5.41) is 8.11. The molecule has 5 nitrogen and oxygen atoms in total. The maximum atomic E-state index is 12.5. The molecule has 0 aliphatic carbocycles. The molecule has 3 rings (SSSR count). The second-order valence-electron chi connectivity index (χ2n) is 5.86. The minimum Gasteiger partial charge on any atom is -0.348 e. The highest BCUT2D eigenvalue weighted by atomic mass is 19.4. The molecule has 2 bridgehead atoms. The van der Waals surface area contributed by atoms with Gasteiger partial charge in [-0.3, -0.25) is 9.89 Å². The van der Waals surface area contributed by atoms with Crippen molar-refractivity contribution in [3.8, 4) is 0 Å². The van der Waals surface area contributed by atoms with Crippen molar-refractivity contribution in [2.45, 2.75) is 50.0 Å². The number of aromatic amines is 1. The number of hydrogen-bond acceptors (Lipinski definition) is 3. The van der Waals surface area contributed by atoms with Gasteiger partial charge in [0.15, 0.2) is 5.69 Å². The molecular formula is C13H17F3N4O. The first-order chi connectivity index (χ1) is 9.84. The first kappa shape index (κ1) is 14.4. The van der Waals surface area contributed by atoms with Gasteiger partial charge >= 0.3 is 6.18 Å². The second-order valence-corrected chi connectivity index (χ2v) is 5.86. The zero-order valence-electron chi connectivity index (χ0n) is 11.6. The molecule has 2 saturated heterocycles.